The number of carbonyl (C=O) groups is 2. The standard InChI is InChI=1S/C27H28B3N9O5S/c1-26(2,3)44-25(41)32-13-14-12-31-24(45-14)15-7-6-8-16(22(15)43-5)33-17-11-19(34-18-9-10-20(42-4)38-36-18)37-39-21(17)23(40)35-27(28,29)30/h6-12H,13H2,1-5H3,(H,32,41)(H,35,40)(H2,33,34,36,37). The van der Waals surface area contributed by atoms with Gasteiger partial charge in [-0.15, -0.1) is 31.7 Å². The molecule has 0 saturated heterocycles. The SMILES string of the molecule is [B]C([B])([B])NC(=O)c1nnc(Nc2ccc(OC)nn2)cc1Nc1cccc(-c2ncc(CNC(=O)OC(C)(C)C)s2)c1OC. The highest BCUT2D eigenvalue weighted by Gasteiger charge is 2.23. The van der Waals surface area contributed by atoms with Crippen LogP contribution in [-0.4, -0.2) is 86.0 Å². The summed E-state index contributed by atoms with van der Waals surface area (Å²) in [4.78, 5) is 30.4. The van der Waals surface area contributed by atoms with Gasteiger partial charge >= 0.3 is 6.09 Å². The van der Waals surface area contributed by atoms with Gasteiger partial charge in [0.05, 0.1) is 61.2 Å². The van der Waals surface area contributed by atoms with Crippen LogP contribution in [0.15, 0.2) is 42.6 Å². The largest absolute Gasteiger partial charge is 0.494 e. The second kappa shape index (κ2) is 13.8. The summed E-state index contributed by atoms with van der Waals surface area (Å²) in [5.41, 5.74) is 0.546. The minimum atomic E-state index is -2.01. The fourth-order valence-corrected chi connectivity index (χ4v) is 4.63. The Morgan fingerprint density at radius 2 is 1.67 bits per heavy atom. The van der Waals surface area contributed by atoms with E-state index in [-0.39, 0.29) is 23.7 Å². The van der Waals surface area contributed by atoms with Crippen LogP contribution in [0, 0.1) is 0 Å². The van der Waals surface area contributed by atoms with Gasteiger partial charge in [-0.2, -0.15) is 0 Å². The number of nitrogens with one attached hydrogen (secondary N) is 4. The van der Waals surface area contributed by atoms with Crippen LogP contribution >= 0.6 is 11.3 Å². The quantitative estimate of drug-likeness (QED) is 0.180. The summed E-state index contributed by atoms with van der Waals surface area (Å²) in [5, 5.41) is 25.8. The van der Waals surface area contributed by atoms with Crippen molar-refractivity contribution in [1.82, 2.24) is 36.0 Å². The fraction of sp³-hybridized carbons (Fsp3) is 0.296. The first kappa shape index (κ1) is 33.0. The molecule has 45 heavy (non-hydrogen) atoms. The van der Waals surface area contributed by atoms with Crippen LogP contribution < -0.4 is 30.7 Å². The van der Waals surface area contributed by atoms with E-state index in [0.29, 0.717) is 33.7 Å². The van der Waals surface area contributed by atoms with Crippen molar-refractivity contribution in [2.45, 2.75) is 38.2 Å². The van der Waals surface area contributed by atoms with E-state index in [4.69, 9.17) is 37.7 Å². The van der Waals surface area contributed by atoms with Crippen molar-refractivity contribution in [3.8, 4) is 22.2 Å². The summed E-state index contributed by atoms with van der Waals surface area (Å²) in [6, 6.07) is 10.1. The first-order chi connectivity index (χ1) is 21.2. The number of thiazole rings is 1. The lowest BCUT2D eigenvalue weighted by atomic mass is 9.49. The predicted molar refractivity (Wildman–Crippen MR) is 172 cm³/mol. The Kier molecular flexibility index (Phi) is 10.2. The smallest absolute Gasteiger partial charge is 0.407 e. The summed E-state index contributed by atoms with van der Waals surface area (Å²) in [5.74, 6) is 0.533. The minimum absolute atomic E-state index is 0.163. The summed E-state index contributed by atoms with van der Waals surface area (Å²) in [7, 11) is 19.7. The zero-order chi connectivity index (χ0) is 32.8. The molecule has 0 unspecified atom stereocenters. The number of para-hydroxylation sites is 1. The maximum atomic E-state index is 13.0. The number of carbonyl (C=O) groups excluding carboxylic acids is 2. The minimum Gasteiger partial charge on any atom is -0.494 e. The lowest BCUT2D eigenvalue weighted by Crippen LogP contribution is -2.50. The number of hydrogen-bond acceptors (Lipinski definition) is 13. The number of anilines is 4. The number of aromatic nitrogens is 5. The Balaban J connectivity index is 1.63. The van der Waals surface area contributed by atoms with Crippen molar-refractivity contribution in [3.63, 3.8) is 0 Å². The molecule has 14 nitrogen and oxygen atoms in total. The average Bonchev–Trinajstić information content (AvgIpc) is 3.44. The third kappa shape index (κ3) is 9.32. The average molecular weight is 623 g/mol. The van der Waals surface area contributed by atoms with Crippen LogP contribution in [0.25, 0.3) is 10.6 Å². The molecule has 0 atom stereocenters. The summed E-state index contributed by atoms with van der Waals surface area (Å²) in [6.07, 6.45) is 1.13. The van der Waals surface area contributed by atoms with E-state index in [1.165, 1.54) is 31.6 Å². The second-order valence-electron chi connectivity index (χ2n) is 10.5. The Hall–Kier alpha value is -4.86. The van der Waals surface area contributed by atoms with Gasteiger partial charge in [0.2, 0.25) is 5.88 Å². The van der Waals surface area contributed by atoms with E-state index in [1.54, 1.807) is 51.2 Å². The number of ether oxygens (including phenoxy) is 3. The van der Waals surface area contributed by atoms with Gasteiger partial charge in [-0.05, 0) is 39.0 Å². The lowest BCUT2D eigenvalue weighted by molar-refractivity contribution is 0.0524. The van der Waals surface area contributed by atoms with Gasteiger partial charge in [0.1, 0.15) is 10.6 Å². The summed E-state index contributed by atoms with van der Waals surface area (Å²) < 4.78 is 16.1. The molecule has 4 rings (SSSR count). The van der Waals surface area contributed by atoms with Crippen molar-refractivity contribution in [2.24, 2.45) is 0 Å². The van der Waals surface area contributed by atoms with Crippen molar-refractivity contribution in [2.75, 3.05) is 24.9 Å². The van der Waals surface area contributed by atoms with E-state index in [9.17, 15) is 9.59 Å². The summed E-state index contributed by atoms with van der Waals surface area (Å²) in [6.45, 7) is 5.60. The Bertz CT molecular complexity index is 1660. The van der Waals surface area contributed by atoms with Crippen molar-refractivity contribution in [3.05, 3.63) is 53.2 Å². The number of rotatable bonds is 11. The van der Waals surface area contributed by atoms with Gasteiger partial charge in [-0.1, -0.05) is 11.3 Å². The van der Waals surface area contributed by atoms with E-state index >= 15 is 0 Å². The molecule has 0 aliphatic rings. The van der Waals surface area contributed by atoms with Gasteiger partial charge in [0, 0.05) is 23.2 Å². The molecular weight excluding hydrogens is 595 g/mol. The highest BCUT2D eigenvalue weighted by molar-refractivity contribution is 7.15. The third-order valence-corrected chi connectivity index (χ3v) is 6.55. The Labute approximate surface area is 267 Å². The molecule has 0 aliphatic carbocycles. The van der Waals surface area contributed by atoms with E-state index in [1.807, 2.05) is 6.07 Å². The molecule has 0 saturated carbocycles. The van der Waals surface area contributed by atoms with Crippen LogP contribution in [0.1, 0.15) is 36.1 Å². The molecule has 0 spiro atoms. The van der Waals surface area contributed by atoms with Crippen molar-refractivity contribution in [1.29, 1.82) is 0 Å². The number of hydrogen-bond donors (Lipinski definition) is 4. The topological polar surface area (TPSA) is 174 Å². The predicted octanol–water partition coefficient (Wildman–Crippen LogP) is 2.77. The molecule has 3 aromatic heterocycles. The van der Waals surface area contributed by atoms with Crippen LogP contribution in [0.2, 0.25) is 0 Å². The molecule has 3 heterocycles. The highest BCUT2D eigenvalue weighted by atomic mass is 32.1. The van der Waals surface area contributed by atoms with Crippen molar-refractivity contribution < 1.29 is 23.8 Å². The van der Waals surface area contributed by atoms with Gasteiger partial charge in [-0.25, -0.2) is 9.78 Å². The molecule has 6 radical (unpaired) electrons. The maximum Gasteiger partial charge on any atom is 0.407 e. The number of alkyl carbamates (subject to hydrolysis) is 1. The van der Waals surface area contributed by atoms with Crippen LogP contribution in [-0.2, 0) is 11.3 Å². The Morgan fingerprint density at radius 1 is 0.911 bits per heavy atom. The molecule has 0 aliphatic heterocycles. The van der Waals surface area contributed by atoms with Gasteiger partial charge in [-0.3, -0.25) is 4.79 Å². The zero-order valence-corrected chi connectivity index (χ0v) is 26.0. The molecular formula is C27H28B3N9O5S. The number of methoxy groups -OCH3 is 2. The molecule has 18 heteroatoms. The van der Waals surface area contributed by atoms with Gasteiger partial charge in [0.15, 0.2) is 23.1 Å². The normalized spacial score (nSPS) is 11.3. The molecule has 2 amide bonds. The zero-order valence-electron chi connectivity index (χ0n) is 25.2. The highest BCUT2D eigenvalue weighted by Crippen LogP contribution is 2.40. The van der Waals surface area contributed by atoms with Crippen LogP contribution in [0.3, 0.4) is 0 Å². The van der Waals surface area contributed by atoms with E-state index in [0.717, 1.165) is 4.88 Å². The second-order valence-corrected chi connectivity index (χ2v) is 11.6. The van der Waals surface area contributed by atoms with Crippen LogP contribution in [0.4, 0.5) is 27.8 Å². The van der Waals surface area contributed by atoms with Crippen molar-refractivity contribution >= 4 is 69.9 Å². The maximum absolute atomic E-state index is 13.0. The third-order valence-electron chi connectivity index (χ3n) is 5.52. The first-order valence-electron chi connectivity index (χ1n) is 13.3. The first-order valence-corrected chi connectivity index (χ1v) is 14.1. The monoisotopic (exact) mass is 623 g/mol. The van der Waals surface area contributed by atoms with E-state index in [2.05, 4.69) is 46.6 Å². The molecule has 4 N–H and O–H groups in total. The van der Waals surface area contributed by atoms with Gasteiger partial charge < -0.3 is 35.5 Å². The number of benzene rings is 1. The molecule has 226 valence electrons. The molecule has 1 aromatic carbocycles. The van der Waals surface area contributed by atoms with Gasteiger partial charge in [0.25, 0.3) is 5.91 Å². The molecule has 0 bridgehead atoms. The summed E-state index contributed by atoms with van der Waals surface area (Å²) >= 11 is 1.36. The number of amides is 2. The Morgan fingerprint density at radius 3 is 2.31 bits per heavy atom. The number of nitrogens with zero attached hydrogens (tertiary/aromatic N) is 5. The lowest BCUT2D eigenvalue weighted by Gasteiger charge is -2.23. The molecule has 0 fully saturated rings. The van der Waals surface area contributed by atoms with Crippen LogP contribution in [0.5, 0.6) is 11.6 Å². The fourth-order valence-electron chi connectivity index (χ4n) is 3.75. The molecule has 4 aromatic rings. The van der Waals surface area contributed by atoms with E-state index < -0.39 is 22.8 Å².